The van der Waals surface area contributed by atoms with Gasteiger partial charge in [0.1, 0.15) is 0 Å². The van der Waals surface area contributed by atoms with Crippen LogP contribution in [-0.4, -0.2) is 61.3 Å². The molecule has 0 unspecified atom stereocenters. The SMILES string of the molecule is CCCOc1ccc(CNC(=NC)NC2CCN(C(=O)OCC)CC2)cn1.I. The molecule has 1 aliphatic heterocycles. The van der Waals surface area contributed by atoms with Crippen LogP contribution in [0.4, 0.5) is 4.79 Å². The number of amides is 1. The van der Waals surface area contributed by atoms with Crippen LogP contribution < -0.4 is 15.4 Å². The average Bonchev–Trinajstić information content (AvgIpc) is 2.71. The Labute approximate surface area is 184 Å². The van der Waals surface area contributed by atoms with Gasteiger partial charge in [0.05, 0.1) is 13.2 Å². The van der Waals surface area contributed by atoms with Crippen molar-refractivity contribution in [1.29, 1.82) is 0 Å². The zero-order valence-electron chi connectivity index (χ0n) is 16.9. The standard InChI is InChI=1S/C19H31N5O3.HI/c1-4-12-27-17-7-6-15(13-21-17)14-22-18(20-3)23-16-8-10-24(11-9-16)19(25)26-5-2;/h6-7,13,16H,4-5,8-12,14H2,1-3H3,(H2,20,22,23);1H. The first-order chi connectivity index (χ1) is 13.2. The average molecular weight is 505 g/mol. The number of aliphatic imine (C=N–C) groups is 1. The van der Waals surface area contributed by atoms with Gasteiger partial charge in [0.15, 0.2) is 5.96 Å². The van der Waals surface area contributed by atoms with Gasteiger partial charge in [-0.1, -0.05) is 13.0 Å². The van der Waals surface area contributed by atoms with Gasteiger partial charge in [0.25, 0.3) is 0 Å². The number of rotatable bonds is 7. The molecule has 1 amide bonds. The number of ether oxygens (including phenoxy) is 2. The molecular formula is C19H32IN5O3. The summed E-state index contributed by atoms with van der Waals surface area (Å²) in [6.45, 7) is 6.99. The lowest BCUT2D eigenvalue weighted by atomic mass is 10.1. The van der Waals surface area contributed by atoms with E-state index in [-0.39, 0.29) is 36.1 Å². The summed E-state index contributed by atoms with van der Waals surface area (Å²) in [4.78, 5) is 22.1. The Hall–Kier alpha value is -1.78. The van der Waals surface area contributed by atoms with E-state index in [4.69, 9.17) is 9.47 Å². The molecule has 9 heteroatoms. The van der Waals surface area contributed by atoms with Crippen LogP contribution in [0.1, 0.15) is 38.7 Å². The second-order valence-electron chi connectivity index (χ2n) is 6.38. The molecule has 1 aliphatic rings. The van der Waals surface area contributed by atoms with Crippen LogP contribution in [0.15, 0.2) is 23.3 Å². The molecular weight excluding hydrogens is 473 g/mol. The highest BCUT2D eigenvalue weighted by Crippen LogP contribution is 2.12. The van der Waals surface area contributed by atoms with E-state index in [0.717, 1.165) is 30.8 Å². The molecule has 2 rings (SSSR count). The van der Waals surface area contributed by atoms with E-state index in [1.165, 1.54) is 0 Å². The molecule has 2 heterocycles. The van der Waals surface area contributed by atoms with E-state index in [0.29, 0.717) is 38.7 Å². The van der Waals surface area contributed by atoms with Crippen LogP contribution in [0.5, 0.6) is 5.88 Å². The molecule has 0 aromatic carbocycles. The number of nitrogens with zero attached hydrogens (tertiary/aromatic N) is 3. The summed E-state index contributed by atoms with van der Waals surface area (Å²) in [6, 6.07) is 4.16. The van der Waals surface area contributed by atoms with E-state index >= 15 is 0 Å². The first kappa shape index (κ1) is 24.3. The van der Waals surface area contributed by atoms with E-state index in [1.807, 2.05) is 25.3 Å². The number of piperidine rings is 1. The normalized spacial score (nSPS) is 14.8. The summed E-state index contributed by atoms with van der Waals surface area (Å²) in [5, 5.41) is 6.72. The fourth-order valence-corrected chi connectivity index (χ4v) is 2.80. The predicted molar refractivity (Wildman–Crippen MR) is 120 cm³/mol. The van der Waals surface area contributed by atoms with Crippen molar-refractivity contribution >= 4 is 36.0 Å². The predicted octanol–water partition coefficient (Wildman–Crippen LogP) is 2.77. The molecule has 8 nitrogen and oxygen atoms in total. The molecule has 1 aromatic heterocycles. The summed E-state index contributed by atoms with van der Waals surface area (Å²) in [6.07, 6.45) is 4.28. The molecule has 28 heavy (non-hydrogen) atoms. The molecule has 0 spiro atoms. The second-order valence-corrected chi connectivity index (χ2v) is 6.38. The van der Waals surface area contributed by atoms with Gasteiger partial charge in [-0.15, -0.1) is 24.0 Å². The van der Waals surface area contributed by atoms with E-state index in [2.05, 4.69) is 27.5 Å². The largest absolute Gasteiger partial charge is 0.478 e. The molecule has 1 saturated heterocycles. The molecule has 1 fully saturated rings. The highest BCUT2D eigenvalue weighted by molar-refractivity contribution is 14.0. The van der Waals surface area contributed by atoms with Crippen molar-refractivity contribution in [3.63, 3.8) is 0 Å². The van der Waals surface area contributed by atoms with Crippen molar-refractivity contribution in [3.8, 4) is 5.88 Å². The minimum Gasteiger partial charge on any atom is -0.478 e. The maximum atomic E-state index is 11.8. The Kier molecular flexibility index (Phi) is 11.6. The zero-order chi connectivity index (χ0) is 19.5. The van der Waals surface area contributed by atoms with E-state index < -0.39 is 0 Å². The third-order valence-corrected chi connectivity index (χ3v) is 4.30. The van der Waals surface area contributed by atoms with Crippen LogP contribution in [0.2, 0.25) is 0 Å². The van der Waals surface area contributed by atoms with E-state index in [1.54, 1.807) is 11.9 Å². The second kappa shape index (κ2) is 13.4. The van der Waals surface area contributed by atoms with Gasteiger partial charge in [0, 0.05) is 45.0 Å². The fourth-order valence-electron chi connectivity index (χ4n) is 2.80. The monoisotopic (exact) mass is 505 g/mol. The van der Waals surface area contributed by atoms with Crippen molar-refractivity contribution in [1.82, 2.24) is 20.5 Å². The van der Waals surface area contributed by atoms with E-state index in [9.17, 15) is 4.79 Å². The van der Waals surface area contributed by atoms with Crippen LogP contribution in [0, 0.1) is 0 Å². The number of likely N-dealkylation sites (tertiary alicyclic amines) is 1. The highest BCUT2D eigenvalue weighted by atomic mass is 127. The van der Waals surface area contributed by atoms with Gasteiger partial charge in [-0.3, -0.25) is 4.99 Å². The lowest BCUT2D eigenvalue weighted by molar-refractivity contribution is 0.0963. The Balaban J connectivity index is 0.00000392. The van der Waals surface area contributed by atoms with Gasteiger partial charge >= 0.3 is 6.09 Å². The van der Waals surface area contributed by atoms with Crippen LogP contribution in [0.3, 0.4) is 0 Å². The quantitative estimate of drug-likeness (QED) is 0.337. The minimum absolute atomic E-state index is 0. The summed E-state index contributed by atoms with van der Waals surface area (Å²) in [7, 11) is 1.75. The molecule has 0 aliphatic carbocycles. The molecule has 0 saturated carbocycles. The molecule has 1 aromatic rings. The van der Waals surface area contributed by atoms with Gasteiger partial charge in [-0.25, -0.2) is 9.78 Å². The van der Waals surface area contributed by atoms with Crippen molar-refractivity contribution in [3.05, 3.63) is 23.9 Å². The van der Waals surface area contributed by atoms with Crippen LogP contribution in [-0.2, 0) is 11.3 Å². The fraction of sp³-hybridized carbons (Fsp3) is 0.632. The number of carbonyl (C=O) groups excluding carboxylic acids is 1. The molecule has 0 bridgehead atoms. The molecule has 2 N–H and O–H groups in total. The van der Waals surface area contributed by atoms with Crippen LogP contribution in [0.25, 0.3) is 0 Å². The summed E-state index contributed by atoms with van der Waals surface area (Å²) < 4.78 is 10.5. The molecule has 158 valence electrons. The van der Waals surface area contributed by atoms with Crippen molar-refractivity contribution in [2.24, 2.45) is 4.99 Å². The number of hydrogen-bond donors (Lipinski definition) is 2. The Bertz CT molecular complexity index is 604. The number of hydrogen-bond acceptors (Lipinski definition) is 5. The molecule has 0 atom stereocenters. The lowest BCUT2D eigenvalue weighted by Gasteiger charge is -2.32. The Morgan fingerprint density at radius 1 is 1.32 bits per heavy atom. The summed E-state index contributed by atoms with van der Waals surface area (Å²) >= 11 is 0. The maximum Gasteiger partial charge on any atom is 0.409 e. The van der Waals surface area contributed by atoms with Crippen molar-refractivity contribution in [2.75, 3.05) is 33.4 Å². The number of guanidine groups is 1. The summed E-state index contributed by atoms with van der Waals surface area (Å²) in [5.74, 6) is 1.40. The maximum absolute atomic E-state index is 11.8. The topological polar surface area (TPSA) is 88.1 Å². The minimum atomic E-state index is -0.225. The number of carbonyl (C=O) groups is 1. The number of aromatic nitrogens is 1. The van der Waals surface area contributed by atoms with Gasteiger partial charge < -0.3 is 25.0 Å². The Morgan fingerprint density at radius 2 is 2.07 bits per heavy atom. The number of nitrogens with one attached hydrogen (secondary N) is 2. The first-order valence-electron chi connectivity index (χ1n) is 9.62. The smallest absolute Gasteiger partial charge is 0.409 e. The van der Waals surface area contributed by atoms with Gasteiger partial charge in [0.2, 0.25) is 5.88 Å². The third-order valence-electron chi connectivity index (χ3n) is 4.30. The van der Waals surface area contributed by atoms with Crippen molar-refractivity contribution in [2.45, 2.75) is 45.7 Å². The Morgan fingerprint density at radius 3 is 2.64 bits per heavy atom. The van der Waals surface area contributed by atoms with Crippen LogP contribution >= 0.6 is 24.0 Å². The van der Waals surface area contributed by atoms with Crippen molar-refractivity contribution < 1.29 is 14.3 Å². The first-order valence-corrected chi connectivity index (χ1v) is 9.62. The highest BCUT2D eigenvalue weighted by Gasteiger charge is 2.23. The third kappa shape index (κ3) is 8.07. The number of halogens is 1. The van der Waals surface area contributed by atoms with Gasteiger partial charge in [-0.05, 0) is 31.7 Å². The summed E-state index contributed by atoms with van der Waals surface area (Å²) in [5.41, 5.74) is 1.05. The zero-order valence-corrected chi connectivity index (χ0v) is 19.3. The van der Waals surface area contributed by atoms with Gasteiger partial charge in [-0.2, -0.15) is 0 Å². The molecule has 0 radical (unpaired) electrons. The number of pyridine rings is 1. The lowest BCUT2D eigenvalue weighted by Crippen LogP contribution is -2.49.